The number of carbonyl (C=O) groups excluding carboxylic acids is 1. The van der Waals surface area contributed by atoms with Crippen LogP contribution in [0.5, 0.6) is 0 Å². The number of aromatic nitrogens is 2. The van der Waals surface area contributed by atoms with Gasteiger partial charge in [-0.05, 0) is 31.5 Å². The molecule has 0 bridgehead atoms. The summed E-state index contributed by atoms with van der Waals surface area (Å²) in [6.07, 6.45) is 0.160. The molecule has 1 aromatic carbocycles. The van der Waals surface area contributed by atoms with Gasteiger partial charge in [-0.25, -0.2) is 0 Å². The number of halogens is 2. The number of rotatable bonds is 4. The molecule has 0 fully saturated rings. The summed E-state index contributed by atoms with van der Waals surface area (Å²) in [5, 5.41) is 7.46. The first-order chi connectivity index (χ1) is 9.45. The van der Waals surface area contributed by atoms with Gasteiger partial charge in [0.05, 0.1) is 6.42 Å². The van der Waals surface area contributed by atoms with Crippen LogP contribution >= 0.6 is 23.2 Å². The molecule has 7 heteroatoms. The average molecular weight is 314 g/mol. The van der Waals surface area contributed by atoms with E-state index >= 15 is 0 Å². The van der Waals surface area contributed by atoms with E-state index in [1.165, 1.54) is 0 Å². The van der Waals surface area contributed by atoms with Crippen LogP contribution in [-0.2, 0) is 11.2 Å². The molecule has 1 N–H and O–H groups in total. The molecule has 20 heavy (non-hydrogen) atoms. The van der Waals surface area contributed by atoms with E-state index in [1.807, 2.05) is 0 Å². The normalized spacial score (nSPS) is 12.2. The Bertz CT molecular complexity index is 628. The van der Waals surface area contributed by atoms with Crippen molar-refractivity contribution in [1.29, 1.82) is 0 Å². The Kier molecular flexibility index (Phi) is 4.62. The molecule has 0 aliphatic carbocycles. The zero-order valence-electron chi connectivity index (χ0n) is 11.0. The first kappa shape index (κ1) is 14.8. The molecule has 5 nitrogen and oxygen atoms in total. The van der Waals surface area contributed by atoms with Crippen molar-refractivity contribution in [3.8, 4) is 0 Å². The summed E-state index contributed by atoms with van der Waals surface area (Å²) in [6.45, 7) is 3.49. The van der Waals surface area contributed by atoms with Gasteiger partial charge >= 0.3 is 0 Å². The molecule has 0 saturated heterocycles. The van der Waals surface area contributed by atoms with Crippen LogP contribution in [0.25, 0.3) is 0 Å². The van der Waals surface area contributed by atoms with Crippen molar-refractivity contribution in [2.45, 2.75) is 26.3 Å². The molecular formula is C13H13Cl2N3O2. The van der Waals surface area contributed by atoms with Gasteiger partial charge in [-0.2, -0.15) is 4.98 Å². The Labute approximate surface area is 126 Å². The molecule has 106 valence electrons. The summed E-state index contributed by atoms with van der Waals surface area (Å²) in [5.41, 5.74) is 0.711. The Morgan fingerprint density at radius 3 is 2.80 bits per heavy atom. The number of carbonyl (C=O) groups is 1. The minimum Gasteiger partial charge on any atom is -0.344 e. The summed E-state index contributed by atoms with van der Waals surface area (Å²) in [7, 11) is 0. The van der Waals surface area contributed by atoms with E-state index in [9.17, 15) is 4.79 Å². The summed E-state index contributed by atoms with van der Waals surface area (Å²) >= 11 is 11.8. The Hall–Kier alpha value is -1.59. The lowest BCUT2D eigenvalue weighted by atomic mass is 10.1. The molecule has 1 aromatic heterocycles. The predicted octanol–water partition coefficient (Wildman–Crippen LogP) is 3.10. The first-order valence-corrected chi connectivity index (χ1v) is 6.75. The highest BCUT2D eigenvalue weighted by atomic mass is 35.5. The van der Waals surface area contributed by atoms with Gasteiger partial charge < -0.3 is 9.84 Å². The Morgan fingerprint density at radius 1 is 1.45 bits per heavy atom. The maximum absolute atomic E-state index is 11.9. The first-order valence-electron chi connectivity index (χ1n) is 5.99. The number of nitrogens with zero attached hydrogens (tertiary/aromatic N) is 2. The Balaban J connectivity index is 1.98. The lowest BCUT2D eigenvalue weighted by molar-refractivity contribution is -0.121. The van der Waals surface area contributed by atoms with Crippen molar-refractivity contribution in [2.24, 2.45) is 0 Å². The minimum absolute atomic E-state index is 0.160. The summed E-state index contributed by atoms with van der Waals surface area (Å²) in [4.78, 5) is 16.0. The van der Waals surface area contributed by atoms with Gasteiger partial charge in [0.15, 0.2) is 5.82 Å². The maximum Gasteiger partial charge on any atom is 0.248 e. The van der Waals surface area contributed by atoms with E-state index in [1.54, 1.807) is 32.0 Å². The molecule has 1 heterocycles. The fourth-order valence-electron chi connectivity index (χ4n) is 1.68. The summed E-state index contributed by atoms with van der Waals surface area (Å²) in [5.74, 6) is 0.720. The highest BCUT2D eigenvalue weighted by Gasteiger charge is 2.16. The zero-order chi connectivity index (χ0) is 14.7. The smallest absolute Gasteiger partial charge is 0.248 e. The molecule has 0 unspecified atom stereocenters. The lowest BCUT2D eigenvalue weighted by Crippen LogP contribution is -2.28. The molecule has 0 spiro atoms. The molecule has 1 atom stereocenters. The quantitative estimate of drug-likeness (QED) is 0.941. The van der Waals surface area contributed by atoms with Crippen LogP contribution in [0.15, 0.2) is 22.7 Å². The van der Waals surface area contributed by atoms with Gasteiger partial charge in [-0.3, -0.25) is 4.79 Å². The van der Waals surface area contributed by atoms with E-state index in [4.69, 9.17) is 27.7 Å². The molecule has 2 aromatic rings. The van der Waals surface area contributed by atoms with Crippen molar-refractivity contribution in [2.75, 3.05) is 0 Å². The van der Waals surface area contributed by atoms with Crippen molar-refractivity contribution in [1.82, 2.24) is 15.5 Å². The molecule has 0 saturated carbocycles. The van der Waals surface area contributed by atoms with Crippen LogP contribution in [-0.4, -0.2) is 16.0 Å². The second-order valence-electron chi connectivity index (χ2n) is 4.38. The third-order valence-corrected chi connectivity index (χ3v) is 3.24. The van der Waals surface area contributed by atoms with Gasteiger partial charge in [0.2, 0.25) is 11.8 Å². The number of nitrogens with one attached hydrogen (secondary N) is 1. The average Bonchev–Trinajstić information content (AvgIpc) is 2.79. The highest BCUT2D eigenvalue weighted by molar-refractivity contribution is 6.35. The number of benzene rings is 1. The summed E-state index contributed by atoms with van der Waals surface area (Å²) in [6, 6.07) is 4.68. The lowest BCUT2D eigenvalue weighted by Gasteiger charge is -2.10. The summed E-state index contributed by atoms with van der Waals surface area (Å²) < 4.78 is 5.00. The van der Waals surface area contributed by atoms with E-state index < -0.39 is 0 Å². The van der Waals surface area contributed by atoms with E-state index in [0.29, 0.717) is 27.3 Å². The molecule has 1 amide bonds. The van der Waals surface area contributed by atoms with E-state index in [2.05, 4.69) is 15.5 Å². The second-order valence-corrected chi connectivity index (χ2v) is 5.23. The van der Waals surface area contributed by atoms with Gasteiger partial charge in [-0.15, -0.1) is 0 Å². The predicted molar refractivity (Wildman–Crippen MR) is 75.8 cm³/mol. The molecular weight excluding hydrogens is 301 g/mol. The van der Waals surface area contributed by atoms with Crippen LogP contribution < -0.4 is 5.32 Å². The van der Waals surface area contributed by atoms with Crippen LogP contribution in [0.3, 0.4) is 0 Å². The SMILES string of the molecule is Cc1noc([C@H](C)NC(=O)Cc2ccc(Cl)cc2Cl)n1. The fraction of sp³-hybridized carbons (Fsp3) is 0.308. The third-order valence-electron chi connectivity index (χ3n) is 2.66. The maximum atomic E-state index is 11.9. The number of aryl methyl sites for hydroxylation is 1. The molecule has 0 aliphatic rings. The topological polar surface area (TPSA) is 68.0 Å². The van der Waals surface area contributed by atoms with Gasteiger partial charge in [-0.1, -0.05) is 34.4 Å². The molecule has 2 rings (SSSR count). The van der Waals surface area contributed by atoms with Gasteiger partial charge in [0, 0.05) is 10.0 Å². The fourth-order valence-corrected chi connectivity index (χ4v) is 2.16. The van der Waals surface area contributed by atoms with Crippen molar-refractivity contribution in [3.05, 3.63) is 45.5 Å². The van der Waals surface area contributed by atoms with Crippen molar-refractivity contribution < 1.29 is 9.32 Å². The van der Waals surface area contributed by atoms with Crippen LogP contribution in [0, 0.1) is 6.92 Å². The van der Waals surface area contributed by atoms with E-state index in [0.717, 1.165) is 0 Å². The van der Waals surface area contributed by atoms with E-state index in [-0.39, 0.29) is 18.4 Å². The third kappa shape index (κ3) is 3.71. The monoisotopic (exact) mass is 313 g/mol. The largest absolute Gasteiger partial charge is 0.344 e. The van der Waals surface area contributed by atoms with Crippen molar-refractivity contribution >= 4 is 29.1 Å². The second kappa shape index (κ2) is 6.24. The highest BCUT2D eigenvalue weighted by Crippen LogP contribution is 2.21. The van der Waals surface area contributed by atoms with Gasteiger partial charge in [0.1, 0.15) is 6.04 Å². The van der Waals surface area contributed by atoms with Crippen molar-refractivity contribution in [3.63, 3.8) is 0 Å². The number of hydrogen-bond acceptors (Lipinski definition) is 4. The zero-order valence-corrected chi connectivity index (χ0v) is 12.5. The molecule has 0 aliphatic heterocycles. The standard InChI is InChI=1S/C13H13Cl2N3O2/c1-7(13-17-8(2)18-20-13)16-12(19)5-9-3-4-10(14)6-11(9)15/h3-4,6-7H,5H2,1-2H3,(H,16,19)/t7-/m0/s1. The Morgan fingerprint density at radius 2 is 2.20 bits per heavy atom. The molecule has 0 radical (unpaired) electrons. The van der Waals surface area contributed by atoms with Gasteiger partial charge in [0.25, 0.3) is 0 Å². The van der Waals surface area contributed by atoms with Crippen LogP contribution in [0.4, 0.5) is 0 Å². The van der Waals surface area contributed by atoms with Crippen LogP contribution in [0.1, 0.15) is 30.2 Å². The minimum atomic E-state index is -0.352. The van der Waals surface area contributed by atoms with Crippen LogP contribution in [0.2, 0.25) is 10.0 Å². The number of amides is 1. The number of hydrogen-bond donors (Lipinski definition) is 1.